The molecule has 110 valence electrons. The molecule has 0 heterocycles. The Morgan fingerprint density at radius 3 is 2.24 bits per heavy atom. The lowest BCUT2D eigenvalue weighted by Crippen LogP contribution is -2.20. The zero-order chi connectivity index (χ0) is 15.4. The number of hydrogen-bond acceptors (Lipinski definition) is 3. The van der Waals surface area contributed by atoms with Crippen molar-refractivity contribution >= 4 is 17.2 Å². The standard InChI is InChI=1S/C15H15F2N3O/c1-2-20(11-6-4-3-5-7-11)14-12(16)8-10(9-13(14)17)15(18)19-21/h3-9,21H,2H2,1H3,(H2,18,19). The summed E-state index contributed by atoms with van der Waals surface area (Å²) < 4.78 is 28.5. The van der Waals surface area contributed by atoms with E-state index in [0.29, 0.717) is 12.2 Å². The molecule has 3 N–H and O–H groups in total. The molecule has 0 atom stereocenters. The van der Waals surface area contributed by atoms with Crippen molar-refractivity contribution in [3.63, 3.8) is 0 Å². The van der Waals surface area contributed by atoms with E-state index in [1.807, 2.05) is 6.07 Å². The molecule has 6 heteroatoms. The summed E-state index contributed by atoms with van der Waals surface area (Å²) in [5.74, 6) is -1.90. The second-order valence-electron chi connectivity index (χ2n) is 4.35. The maximum Gasteiger partial charge on any atom is 0.170 e. The van der Waals surface area contributed by atoms with E-state index in [-0.39, 0.29) is 17.1 Å². The topological polar surface area (TPSA) is 61.8 Å². The van der Waals surface area contributed by atoms with Crippen LogP contribution in [0.2, 0.25) is 0 Å². The van der Waals surface area contributed by atoms with Crippen LogP contribution in [-0.4, -0.2) is 17.6 Å². The average Bonchev–Trinajstić information content (AvgIpc) is 2.50. The molecule has 4 nitrogen and oxygen atoms in total. The van der Waals surface area contributed by atoms with Crippen molar-refractivity contribution < 1.29 is 14.0 Å². The summed E-state index contributed by atoms with van der Waals surface area (Å²) in [7, 11) is 0. The van der Waals surface area contributed by atoms with Gasteiger partial charge in [-0.15, -0.1) is 0 Å². The van der Waals surface area contributed by atoms with Crippen molar-refractivity contribution in [2.45, 2.75) is 6.92 Å². The number of rotatable bonds is 4. The lowest BCUT2D eigenvalue weighted by Gasteiger charge is -2.24. The van der Waals surface area contributed by atoms with Crippen LogP contribution in [0.4, 0.5) is 20.2 Å². The van der Waals surface area contributed by atoms with Gasteiger partial charge in [-0.05, 0) is 31.2 Å². The highest BCUT2D eigenvalue weighted by Crippen LogP contribution is 2.31. The predicted molar refractivity (Wildman–Crippen MR) is 78.0 cm³/mol. The van der Waals surface area contributed by atoms with Gasteiger partial charge in [0.25, 0.3) is 0 Å². The van der Waals surface area contributed by atoms with Gasteiger partial charge in [-0.1, -0.05) is 23.4 Å². The molecular formula is C15H15F2N3O. The number of oxime groups is 1. The van der Waals surface area contributed by atoms with Crippen LogP contribution in [0.3, 0.4) is 0 Å². The highest BCUT2D eigenvalue weighted by Gasteiger charge is 2.19. The van der Waals surface area contributed by atoms with Crippen LogP contribution < -0.4 is 10.6 Å². The molecule has 0 radical (unpaired) electrons. The summed E-state index contributed by atoms with van der Waals surface area (Å²) >= 11 is 0. The third-order valence-electron chi connectivity index (χ3n) is 3.07. The summed E-state index contributed by atoms with van der Waals surface area (Å²) in [6.07, 6.45) is 0. The molecule has 0 aliphatic heterocycles. The molecule has 0 aromatic heterocycles. The number of halogens is 2. The normalized spacial score (nSPS) is 11.5. The van der Waals surface area contributed by atoms with Crippen LogP contribution in [0.25, 0.3) is 0 Å². The van der Waals surface area contributed by atoms with Crippen molar-refractivity contribution in [1.82, 2.24) is 0 Å². The van der Waals surface area contributed by atoms with Crippen molar-refractivity contribution in [2.75, 3.05) is 11.4 Å². The molecule has 0 unspecified atom stereocenters. The lowest BCUT2D eigenvalue weighted by molar-refractivity contribution is 0.318. The van der Waals surface area contributed by atoms with Gasteiger partial charge in [-0.2, -0.15) is 0 Å². The van der Waals surface area contributed by atoms with Gasteiger partial charge in [0.05, 0.1) is 0 Å². The van der Waals surface area contributed by atoms with Crippen LogP contribution in [0.15, 0.2) is 47.6 Å². The monoisotopic (exact) mass is 291 g/mol. The number of para-hydroxylation sites is 1. The Kier molecular flexibility index (Phi) is 4.37. The smallest absolute Gasteiger partial charge is 0.170 e. The Hall–Kier alpha value is -2.63. The number of amidine groups is 1. The largest absolute Gasteiger partial charge is 0.409 e. The van der Waals surface area contributed by atoms with Gasteiger partial charge in [0.15, 0.2) is 17.5 Å². The molecule has 2 rings (SSSR count). The van der Waals surface area contributed by atoms with Gasteiger partial charge in [-0.25, -0.2) is 8.78 Å². The van der Waals surface area contributed by atoms with E-state index < -0.39 is 11.6 Å². The molecule has 0 fully saturated rings. The van der Waals surface area contributed by atoms with Gasteiger partial charge in [0.2, 0.25) is 0 Å². The molecule has 0 aliphatic carbocycles. The van der Waals surface area contributed by atoms with Gasteiger partial charge in [-0.3, -0.25) is 0 Å². The second kappa shape index (κ2) is 6.21. The molecule has 0 spiro atoms. The molecule has 0 bridgehead atoms. The molecule has 0 saturated heterocycles. The molecule has 2 aromatic rings. The Morgan fingerprint density at radius 1 is 1.19 bits per heavy atom. The first kappa shape index (κ1) is 14.8. The zero-order valence-corrected chi connectivity index (χ0v) is 11.4. The predicted octanol–water partition coefficient (Wildman–Crippen LogP) is 3.22. The fourth-order valence-corrected chi connectivity index (χ4v) is 2.11. The summed E-state index contributed by atoms with van der Waals surface area (Å²) in [6.45, 7) is 2.18. The van der Waals surface area contributed by atoms with E-state index in [0.717, 1.165) is 12.1 Å². The van der Waals surface area contributed by atoms with Crippen LogP contribution in [0.5, 0.6) is 0 Å². The van der Waals surface area contributed by atoms with Crippen molar-refractivity contribution in [3.05, 3.63) is 59.7 Å². The van der Waals surface area contributed by atoms with E-state index >= 15 is 0 Å². The molecule has 2 aromatic carbocycles. The average molecular weight is 291 g/mol. The third-order valence-corrected chi connectivity index (χ3v) is 3.07. The minimum atomic E-state index is -0.776. The van der Waals surface area contributed by atoms with E-state index in [9.17, 15) is 8.78 Å². The van der Waals surface area contributed by atoms with Gasteiger partial charge >= 0.3 is 0 Å². The molecule has 21 heavy (non-hydrogen) atoms. The summed E-state index contributed by atoms with van der Waals surface area (Å²) in [5, 5.41) is 11.3. The Morgan fingerprint density at radius 2 is 1.76 bits per heavy atom. The second-order valence-corrected chi connectivity index (χ2v) is 4.35. The number of nitrogens with two attached hydrogens (primary N) is 1. The maximum atomic E-state index is 14.3. The van der Waals surface area contributed by atoms with E-state index in [1.54, 1.807) is 31.2 Å². The van der Waals surface area contributed by atoms with Crippen LogP contribution in [0, 0.1) is 11.6 Å². The number of benzene rings is 2. The lowest BCUT2D eigenvalue weighted by atomic mass is 10.1. The summed E-state index contributed by atoms with van der Waals surface area (Å²) in [4.78, 5) is 1.51. The highest BCUT2D eigenvalue weighted by atomic mass is 19.1. The third kappa shape index (κ3) is 2.94. The van der Waals surface area contributed by atoms with E-state index in [4.69, 9.17) is 10.9 Å². The van der Waals surface area contributed by atoms with Gasteiger partial charge < -0.3 is 15.8 Å². The van der Waals surface area contributed by atoms with Gasteiger partial charge in [0, 0.05) is 17.8 Å². The Labute approximate surface area is 121 Å². The highest BCUT2D eigenvalue weighted by molar-refractivity contribution is 5.97. The molecule has 0 aliphatic rings. The van der Waals surface area contributed by atoms with Crippen LogP contribution in [-0.2, 0) is 0 Å². The molecular weight excluding hydrogens is 276 g/mol. The SMILES string of the molecule is CCN(c1ccccc1)c1c(F)cc(/C(N)=N/O)cc1F. The van der Waals surface area contributed by atoms with Gasteiger partial charge in [0.1, 0.15) is 5.69 Å². The maximum absolute atomic E-state index is 14.3. The van der Waals surface area contributed by atoms with Crippen LogP contribution >= 0.6 is 0 Å². The first-order valence-corrected chi connectivity index (χ1v) is 6.38. The number of hydrogen-bond donors (Lipinski definition) is 2. The summed E-state index contributed by atoms with van der Waals surface area (Å²) in [5.41, 5.74) is 5.85. The van der Waals surface area contributed by atoms with Crippen molar-refractivity contribution in [3.8, 4) is 0 Å². The fraction of sp³-hybridized carbons (Fsp3) is 0.133. The first-order chi connectivity index (χ1) is 10.1. The minimum Gasteiger partial charge on any atom is -0.409 e. The number of nitrogens with zero attached hydrogens (tertiary/aromatic N) is 2. The van der Waals surface area contributed by atoms with Crippen molar-refractivity contribution in [2.24, 2.45) is 10.9 Å². The number of anilines is 2. The Balaban J connectivity index is 2.53. The summed E-state index contributed by atoms with van der Waals surface area (Å²) in [6, 6.07) is 11.0. The zero-order valence-electron chi connectivity index (χ0n) is 11.4. The fourth-order valence-electron chi connectivity index (χ4n) is 2.11. The van der Waals surface area contributed by atoms with Crippen LogP contribution in [0.1, 0.15) is 12.5 Å². The minimum absolute atomic E-state index is 0.0136. The van der Waals surface area contributed by atoms with Crippen molar-refractivity contribution in [1.29, 1.82) is 0 Å². The Bertz CT molecular complexity index is 636. The quantitative estimate of drug-likeness (QED) is 0.393. The van der Waals surface area contributed by atoms with E-state index in [2.05, 4.69) is 5.16 Å². The molecule has 0 saturated carbocycles. The molecule has 0 amide bonds. The van der Waals surface area contributed by atoms with E-state index in [1.165, 1.54) is 4.90 Å². The first-order valence-electron chi connectivity index (χ1n) is 6.38.